The van der Waals surface area contributed by atoms with E-state index < -0.39 is 9.84 Å². The van der Waals surface area contributed by atoms with Gasteiger partial charge in [-0.3, -0.25) is 0 Å². The van der Waals surface area contributed by atoms with Crippen LogP contribution in [0.2, 0.25) is 5.02 Å². The van der Waals surface area contributed by atoms with Gasteiger partial charge < -0.3 is 4.42 Å². The molecule has 3 rings (SSSR count). The molecule has 2 aromatic carbocycles. The lowest BCUT2D eigenvalue weighted by Crippen LogP contribution is -2.17. The van der Waals surface area contributed by atoms with Gasteiger partial charge in [-0.25, -0.2) is 13.5 Å². The zero-order chi connectivity index (χ0) is 17.9. The van der Waals surface area contributed by atoms with Gasteiger partial charge in [0.1, 0.15) is 0 Å². The first-order valence-electron chi connectivity index (χ1n) is 7.52. The monoisotopic (exact) mass is 394 g/mol. The number of nitrogens with one attached hydrogen (secondary N) is 1. The Balaban J connectivity index is 1.93. The third-order valence-corrected chi connectivity index (χ3v) is 6.03. The molecule has 0 spiro atoms. The quantitative estimate of drug-likeness (QED) is 0.634. The van der Waals surface area contributed by atoms with Crippen molar-refractivity contribution in [2.45, 2.75) is 17.2 Å². The highest BCUT2D eigenvalue weighted by atomic mass is 35.5. The van der Waals surface area contributed by atoms with Gasteiger partial charge in [0.2, 0.25) is 5.89 Å². The lowest BCUT2D eigenvalue weighted by atomic mass is 9.98. The minimum absolute atomic E-state index is 0.0756. The lowest BCUT2D eigenvalue weighted by molar-refractivity contribution is 0.465. The van der Waals surface area contributed by atoms with E-state index >= 15 is 0 Å². The molecule has 0 saturated carbocycles. The number of H-pyrrole nitrogens is 1. The summed E-state index contributed by atoms with van der Waals surface area (Å²) >= 11 is 10.8. The molecule has 8 heteroatoms. The lowest BCUT2D eigenvalue weighted by Gasteiger charge is -2.16. The summed E-state index contributed by atoms with van der Waals surface area (Å²) in [6.07, 6.45) is 0.306. The zero-order valence-electron chi connectivity index (χ0n) is 13.1. The van der Waals surface area contributed by atoms with Gasteiger partial charge >= 0.3 is 0 Å². The number of hydrogen-bond acceptors (Lipinski definition) is 5. The van der Waals surface area contributed by atoms with E-state index in [1.165, 1.54) is 0 Å². The SMILES string of the molecule is O=S(=O)(CC(Cc1n[nH]c(=S)o1)c1ccc(Cl)cc1)c1ccccc1. The fourth-order valence-electron chi connectivity index (χ4n) is 2.56. The Hall–Kier alpha value is -1.96. The van der Waals surface area contributed by atoms with Crippen molar-refractivity contribution in [3.8, 4) is 0 Å². The Labute approximate surface area is 155 Å². The Kier molecular flexibility index (Phi) is 5.36. The largest absolute Gasteiger partial charge is 0.414 e. The molecule has 0 aliphatic carbocycles. The van der Waals surface area contributed by atoms with E-state index in [1.807, 2.05) is 12.1 Å². The third kappa shape index (κ3) is 4.56. The predicted molar refractivity (Wildman–Crippen MR) is 98.1 cm³/mol. The molecule has 1 heterocycles. The molecule has 0 saturated heterocycles. The summed E-state index contributed by atoms with van der Waals surface area (Å²) in [5.41, 5.74) is 0.841. The summed E-state index contributed by atoms with van der Waals surface area (Å²) in [5.74, 6) is -0.0505. The summed E-state index contributed by atoms with van der Waals surface area (Å²) in [7, 11) is -3.47. The van der Waals surface area contributed by atoms with Gasteiger partial charge in [-0.1, -0.05) is 41.9 Å². The highest BCUT2D eigenvalue weighted by Crippen LogP contribution is 2.26. The molecule has 0 aliphatic rings. The van der Waals surface area contributed by atoms with E-state index in [9.17, 15) is 8.42 Å². The van der Waals surface area contributed by atoms with Gasteiger partial charge in [0.25, 0.3) is 4.84 Å². The Bertz CT molecular complexity index is 996. The van der Waals surface area contributed by atoms with Crippen LogP contribution < -0.4 is 0 Å². The van der Waals surface area contributed by atoms with Crippen molar-refractivity contribution in [1.29, 1.82) is 0 Å². The normalized spacial score (nSPS) is 12.8. The van der Waals surface area contributed by atoms with Gasteiger partial charge in [0.15, 0.2) is 9.84 Å². The number of hydrogen-bond donors (Lipinski definition) is 1. The number of nitrogens with zero attached hydrogens (tertiary/aromatic N) is 1. The van der Waals surface area contributed by atoms with Crippen LogP contribution >= 0.6 is 23.8 Å². The third-order valence-electron chi connectivity index (χ3n) is 3.77. The van der Waals surface area contributed by atoms with Gasteiger partial charge in [-0.2, -0.15) is 0 Å². The molecular weight excluding hydrogens is 380 g/mol. The maximum absolute atomic E-state index is 12.8. The van der Waals surface area contributed by atoms with Crippen molar-refractivity contribution in [3.63, 3.8) is 0 Å². The van der Waals surface area contributed by atoms with Crippen LogP contribution in [0.5, 0.6) is 0 Å². The Morgan fingerprint density at radius 1 is 1.12 bits per heavy atom. The number of benzene rings is 2. The zero-order valence-corrected chi connectivity index (χ0v) is 15.4. The van der Waals surface area contributed by atoms with Gasteiger partial charge in [0, 0.05) is 17.4 Å². The molecule has 25 heavy (non-hydrogen) atoms. The number of rotatable bonds is 6. The standard InChI is InChI=1S/C17H15ClN2O3S2/c18-14-8-6-12(7-9-14)13(10-16-19-20-17(24)23-16)11-25(21,22)15-4-2-1-3-5-15/h1-9,13H,10-11H2,(H,20,24). The van der Waals surface area contributed by atoms with E-state index in [0.717, 1.165) is 5.56 Å². The van der Waals surface area contributed by atoms with Crippen molar-refractivity contribution >= 4 is 33.7 Å². The van der Waals surface area contributed by atoms with E-state index in [2.05, 4.69) is 10.2 Å². The molecule has 130 valence electrons. The molecule has 1 atom stereocenters. The van der Waals surface area contributed by atoms with Gasteiger partial charge in [-0.05, 0) is 42.0 Å². The van der Waals surface area contributed by atoms with Crippen LogP contribution in [0, 0.1) is 4.84 Å². The molecule has 1 aromatic heterocycles. The Morgan fingerprint density at radius 2 is 1.80 bits per heavy atom. The molecule has 0 amide bonds. The topological polar surface area (TPSA) is 76.0 Å². The van der Waals surface area contributed by atoms with Crippen LogP contribution in [-0.4, -0.2) is 24.4 Å². The van der Waals surface area contributed by atoms with Gasteiger partial charge in [-0.15, -0.1) is 5.10 Å². The maximum Gasteiger partial charge on any atom is 0.284 e. The van der Waals surface area contributed by atoms with Crippen LogP contribution in [0.1, 0.15) is 17.4 Å². The molecule has 1 N–H and O–H groups in total. The van der Waals surface area contributed by atoms with E-state index in [-0.39, 0.29) is 21.4 Å². The highest BCUT2D eigenvalue weighted by Gasteiger charge is 2.24. The molecule has 3 aromatic rings. The number of aromatic nitrogens is 2. The second kappa shape index (κ2) is 7.51. The average Bonchev–Trinajstić information content (AvgIpc) is 3.00. The van der Waals surface area contributed by atoms with Crippen molar-refractivity contribution in [2.75, 3.05) is 5.75 Å². The van der Waals surface area contributed by atoms with Crippen LogP contribution in [0.15, 0.2) is 63.9 Å². The summed E-state index contributed by atoms with van der Waals surface area (Å²) in [6, 6.07) is 15.5. The fraction of sp³-hybridized carbons (Fsp3) is 0.176. The second-order valence-electron chi connectivity index (χ2n) is 5.55. The van der Waals surface area contributed by atoms with Crippen molar-refractivity contribution in [2.24, 2.45) is 0 Å². The second-order valence-corrected chi connectivity index (χ2v) is 8.40. The van der Waals surface area contributed by atoms with Crippen LogP contribution in [-0.2, 0) is 16.3 Å². The molecule has 0 aliphatic heterocycles. The molecule has 1 unspecified atom stereocenters. The van der Waals surface area contributed by atoms with Crippen molar-refractivity contribution in [3.05, 3.63) is 75.9 Å². The van der Waals surface area contributed by atoms with E-state index in [0.29, 0.717) is 17.3 Å². The molecule has 0 radical (unpaired) electrons. The average molecular weight is 395 g/mol. The van der Waals surface area contributed by atoms with E-state index in [1.54, 1.807) is 42.5 Å². The van der Waals surface area contributed by atoms with Crippen molar-refractivity contribution in [1.82, 2.24) is 10.2 Å². The Morgan fingerprint density at radius 3 is 2.40 bits per heavy atom. The summed E-state index contributed by atoms with van der Waals surface area (Å²) in [4.78, 5) is 0.452. The number of sulfone groups is 1. The van der Waals surface area contributed by atoms with Crippen LogP contribution in [0.3, 0.4) is 0 Å². The predicted octanol–water partition coefficient (Wildman–Crippen LogP) is 4.19. The summed E-state index contributed by atoms with van der Waals surface area (Å²) in [5, 5.41) is 7.13. The molecular formula is C17H15ClN2O3S2. The number of halogens is 1. The van der Waals surface area contributed by atoms with Gasteiger partial charge in [0.05, 0.1) is 10.6 Å². The summed E-state index contributed by atoms with van der Waals surface area (Å²) in [6.45, 7) is 0. The molecule has 0 fully saturated rings. The van der Waals surface area contributed by atoms with Crippen molar-refractivity contribution < 1.29 is 12.8 Å². The fourth-order valence-corrected chi connectivity index (χ4v) is 4.43. The number of aromatic amines is 1. The van der Waals surface area contributed by atoms with Crippen LogP contribution in [0.4, 0.5) is 0 Å². The first-order valence-corrected chi connectivity index (χ1v) is 9.95. The smallest absolute Gasteiger partial charge is 0.284 e. The summed E-state index contributed by atoms with van der Waals surface area (Å²) < 4.78 is 30.9. The maximum atomic E-state index is 12.8. The highest BCUT2D eigenvalue weighted by molar-refractivity contribution is 7.91. The van der Waals surface area contributed by atoms with Crippen LogP contribution in [0.25, 0.3) is 0 Å². The minimum atomic E-state index is -3.47. The molecule has 0 bridgehead atoms. The van der Waals surface area contributed by atoms with E-state index in [4.69, 9.17) is 28.2 Å². The molecule has 5 nitrogen and oxygen atoms in total. The minimum Gasteiger partial charge on any atom is -0.414 e. The first-order chi connectivity index (χ1) is 11.9. The first kappa shape index (κ1) is 17.8.